The van der Waals surface area contributed by atoms with Crippen molar-refractivity contribution in [3.05, 3.63) is 0 Å². The highest BCUT2D eigenvalue weighted by molar-refractivity contribution is 7.85. The molecule has 0 N–H and O–H groups in total. The molecule has 2 saturated heterocycles. The fourth-order valence-corrected chi connectivity index (χ4v) is 3.87. The van der Waals surface area contributed by atoms with Crippen LogP contribution < -0.4 is 0 Å². The molecule has 4 atom stereocenters. The predicted molar refractivity (Wildman–Crippen MR) is 57.3 cm³/mol. The third-order valence-electron chi connectivity index (χ3n) is 3.63. The van der Waals surface area contributed by atoms with Crippen molar-refractivity contribution in [2.75, 3.05) is 26.4 Å². The van der Waals surface area contributed by atoms with Gasteiger partial charge in [0.2, 0.25) is 0 Å². The van der Waals surface area contributed by atoms with Gasteiger partial charge in [-0.05, 0) is 6.92 Å². The van der Waals surface area contributed by atoms with Crippen molar-refractivity contribution in [3.8, 4) is 0 Å². The number of ether oxygens (including phenoxy) is 1. The Hall–Kier alpha value is 0.0700. The molecule has 0 amide bonds. The molecule has 0 bridgehead atoms. The summed E-state index contributed by atoms with van der Waals surface area (Å²) in [5, 5.41) is 0. The molecule has 0 aromatic heterocycles. The first-order valence-corrected chi connectivity index (χ1v) is 6.74. The van der Waals surface area contributed by atoms with Crippen LogP contribution in [0.5, 0.6) is 0 Å². The highest BCUT2D eigenvalue weighted by atomic mass is 32.2. The third kappa shape index (κ3) is 1.75. The Morgan fingerprint density at radius 3 is 2.57 bits per heavy atom. The van der Waals surface area contributed by atoms with Gasteiger partial charge in [-0.2, -0.15) is 0 Å². The van der Waals surface area contributed by atoms with E-state index in [9.17, 15) is 4.21 Å². The molecule has 0 aliphatic carbocycles. The van der Waals surface area contributed by atoms with Crippen molar-refractivity contribution in [2.45, 2.75) is 37.3 Å². The molecule has 14 heavy (non-hydrogen) atoms. The highest BCUT2D eigenvalue weighted by Crippen LogP contribution is 2.30. The summed E-state index contributed by atoms with van der Waals surface area (Å²) in [7, 11) is 3.75. The largest absolute Gasteiger partial charge is 0.355 e. The van der Waals surface area contributed by atoms with E-state index in [2.05, 4.69) is 14.1 Å². The van der Waals surface area contributed by atoms with Gasteiger partial charge < -0.3 is 9.22 Å². The van der Waals surface area contributed by atoms with Crippen molar-refractivity contribution < 1.29 is 13.4 Å². The van der Waals surface area contributed by atoms with Crippen LogP contribution in [0.15, 0.2) is 0 Å². The van der Waals surface area contributed by atoms with E-state index < -0.39 is 10.8 Å². The van der Waals surface area contributed by atoms with Gasteiger partial charge in [-0.1, -0.05) is 0 Å². The van der Waals surface area contributed by atoms with Crippen LogP contribution in [0.25, 0.3) is 0 Å². The quantitative estimate of drug-likeness (QED) is 0.606. The van der Waals surface area contributed by atoms with Crippen molar-refractivity contribution in [2.24, 2.45) is 0 Å². The second kappa shape index (κ2) is 3.58. The number of hydrogen-bond donors (Lipinski definition) is 0. The van der Waals surface area contributed by atoms with E-state index in [-0.39, 0.29) is 11.5 Å². The first-order valence-electron chi connectivity index (χ1n) is 5.36. The first kappa shape index (κ1) is 10.6. The highest BCUT2D eigenvalue weighted by Gasteiger charge is 2.45. The van der Waals surface area contributed by atoms with Gasteiger partial charge in [-0.15, -0.1) is 0 Å². The fraction of sp³-hybridized carbons (Fsp3) is 1.00. The smallest absolute Gasteiger partial charge is 0.130 e. The van der Waals surface area contributed by atoms with Gasteiger partial charge in [0.1, 0.15) is 17.6 Å². The Balaban J connectivity index is 2.06. The van der Waals surface area contributed by atoms with E-state index in [1.165, 1.54) is 19.4 Å². The van der Waals surface area contributed by atoms with E-state index in [0.717, 1.165) is 10.2 Å². The zero-order chi connectivity index (χ0) is 10.3. The lowest BCUT2D eigenvalue weighted by Gasteiger charge is -2.34. The lowest BCUT2D eigenvalue weighted by molar-refractivity contribution is -0.905. The summed E-state index contributed by atoms with van der Waals surface area (Å²) in [6.45, 7) is 3.15. The summed E-state index contributed by atoms with van der Waals surface area (Å²) in [5.74, 6) is 0.744. The number of hydrogen-bond acceptors (Lipinski definition) is 2. The Morgan fingerprint density at radius 2 is 2.14 bits per heavy atom. The summed E-state index contributed by atoms with van der Waals surface area (Å²) < 4.78 is 18.3. The summed E-state index contributed by atoms with van der Waals surface area (Å²) >= 11 is 0. The molecule has 82 valence electrons. The second-order valence-corrected chi connectivity index (χ2v) is 6.76. The number of quaternary nitrogens is 1. The molecule has 2 heterocycles. The number of likely N-dealkylation sites (N-methyl/N-ethyl adjacent to an activating group) is 1. The van der Waals surface area contributed by atoms with Crippen LogP contribution in [0.2, 0.25) is 0 Å². The molecular weight excluding hydrogens is 198 g/mol. The second-order valence-electron chi connectivity index (χ2n) is 5.00. The number of likely N-dealkylation sites (tertiary alicyclic amines) is 1. The maximum atomic E-state index is 11.5. The lowest BCUT2D eigenvalue weighted by Crippen LogP contribution is -2.50. The predicted octanol–water partition coefficient (Wildman–Crippen LogP) is 0.719. The first-order chi connectivity index (χ1) is 6.50. The van der Waals surface area contributed by atoms with Crippen LogP contribution >= 0.6 is 0 Å². The molecule has 2 rings (SSSR count). The maximum Gasteiger partial charge on any atom is 0.130 e. The molecule has 0 aromatic carbocycles. The van der Waals surface area contributed by atoms with Crippen molar-refractivity contribution in [1.29, 1.82) is 0 Å². The van der Waals surface area contributed by atoms with Gasteiger partial charge >= 0.3 is 0 Å². The monoisotopic (exact) mass is 218 g/mol. The molecular formula is C10H20NO2S+. The molecule has 0 radical (unpaired) electrons. The number of rotatable bonds is 1. The molecule has 2 aliphatic rings. The Labute approximate surface area is 88.5 Å². The average molecular weight is 218 g/mol. The van der Waals surface area contributed by atoms with E-state index >= 15 is 0 Å². The standard InChI is InChI=1S/C10H20NO2S/c1-8-13-10(7-14(8)12)9-5-4-6-11(9,2)3/h8-10H,4-7H2,1-3H3/q+1/t8-,9-,10+,14+/m1/s1. The minimum absolute atomic E-state index is 0.0550. The molecule has 0 spiro atoms. The van der Waals surface area contributed by atoms with Gasteiger partial charge in [0.05, 0.1) is 37.2 Å². The van der Waals surface area contributed by atoms with Crippen molar-refractivity contribution in [3.63, 3.8) is 0 Å². The Bertz CT molecular complexity index is 255. The zero-order valence-electron chi connectivity index (χ0n) is 9.23. The Morgan fingerprint density at radius 1 is 1.43 bits per heavy atom. The van der Waals surface area contributed by atoms with Crippen LogP contribution in [-0.2, 0) is 15.5 Å². The van der Waals surface area contributed by atoms with Gasteiger partial charge in [-0.3, -0.25) is 4.21 Å². The van der Waals surface area contributed by atoms with Gasteiger partial charge in [0.25, 0.3) is 0 Å². The summed E-state index contributed by atoms with van der Waals surface area (Å²) in [5.41, 5.74) is -0.0550. The van der Waals surface area contributed by atoms with Gasteiger partial charge in [0, 0.05) is 12.8 Å². The van der Waals surface area contributed by atoms with Crippen LogP contribution in [-0.4, -0.2) is 52.7 Å². The molecule has 0 aromatic rings. The van der Waals surface area contributed by atoms with E-state index in [4.69, 9.17) is 4.74 Å². The molecule has 3 nitrogen and oxygen atoms in total. The number of nitrogens with zero attached hydrogens (tertiary/aromatic N) is 1. The van der Waals surface area contributed by atoms with Crippen LogP contribution in [0.3, 0.4) is 0 Å². The van der Waals surface area contributed by atoms with E-state index in [1.54, 1.807) is 0 Å². The summed E-state index contributed by atoms with van der Waals surface area (Å²) in [4.78, 5) is 0. The average Bonchev–Trinajstić information content (AvgIpc) is 2.56. The summed E-state index contributed by atoms with van der Waals surface area (Å²) in [6, 6.07) is 0.559. The van der Waals surface area contributed by atoms with E-state index in [1.807, 2.05) is 6.92 Å². The summed E-state index contributed by atoms with van der Waals surface area (Å²) in [6.07, 6.45) is 2.73. The maximum absolute atomic E-state index is 11.5. The normalized spacial score (nSPS) is 47.1. The van der Waals surface area contributed by atoms with Crippen LogP contribution in [0, 0.1) is 0 Å². The lowest BCUT2D eigenvalue weighted by atomic mass is 10.1. The van der Waals surface area contributed by atoms with E-state index in [0.29, 0.717) is 6.04 Å². The Kier molecular flexibility index (Phi) is 2.70. The molecule has 0 saturated carbocycles. The van der Waals surface area contributed by atoms with Crippen LogP contribution in [0.4, 0.5) is 0 Å². The van der Waals surface area contributed by atoms with Gasteiger partial charge in [0.15, 0.2) is 0 Å². The molecule has 0 unspecified atom stereocenters. The topological polar surface area (TPSA) is 26.3 Å². The minimum atomic E-state index is -0.759. The van der Waals surface area contributed by atoms with Crippen molar-refractivity contribution >= 4 is 10.8 Å². The van der Waals surface area contributed by atoms with Crippen LogP contribution in [0.1, 0.15) is 19.8 Å². The fourth-order valence-electron chi connectivity index (χ4n) is 2.71. The SMILES string of the molecule is C[C@@H]1O[C@H]([C@H]2CCC[N+]2(C)C)C[S@@]1=O. The minimum Gasteiger partial charge on any atom is -0.355 e. The third-order valence-corrected chi connectivity index (χ3v) is 5.14. The molecule has 4 heteroatoms. The van der Waals surface area contributed by atoms with Crippen molar-refractivity contribution in [1.82, 2.24) is 0 Å². The zero-order valence-corrected chi connectivity index (χ0v) is 10.0. The van der Waals surface area contributed by atoms with Gasteiger partial charge in [-0.25, -0.2) is 0 Å². The molecule has 2 fully saturated rings. The molecule has 2 aliphatic heterocycles.